The molecule has 2 aliphatic rings. The first kappa shape index (κ1) is 21.4. The van der Waals surface area contributed by atoms with Crippen molar-refractivity contribution in [1.82, 2.24) is 19.8 Å². The van der Waals surface area contributed by atoms with E-state index in [1.165, 1.54) is 56.0 Å². The zero-order chi connectivity index (χ0) is 20.8. The molecular weight excluding hydrogens is 392 g/mol. The molecule has 6 heteroatoms. The molecule has 0 atom stereocenters. The highest BCUT2D eigenvalue weighted by atomic mass is 32.2. The molecule has 5 nitrogen and oxygen atoms in total. The van der Waals surface area contributed by atoms with Crippen molar-refractivity contribution in [2.24, 2.45) is 5.92 Å². The number of nitrogens with zero attached hydrogens (tertiary/aromatic N) is 3. The number of carbonyl (C=O) groups excluding carboxylic acids is 1. The molecule has 1 amide bonds. The van der Waals surface area contributed by atoms with Crippen LogP contribution in [0.3, 0.4) is 0 Å². The Labute approximate surface area is 184 Å². The van der Waals surface area contributed by atoms with Crippen LogP contribution in [-0.2, 0) is 4.79 Å². The molecule has 1 N–H and O–H groups in total. The number of aromatic nitrogens is 2. The number of para-hydroxylation sites is 1. The lowest BCUT2D eigenvalue weighted by Crippen LogP contribution is -2.46. The Morgan fingerprint density at radius 1 is 1.13 bits per heavy atom. The maximum absolute atomic E-state index is 12.5. The van der Waals surface area contributed by atoms with Crippen LogP contribution in [0, 0.1) is 12.8 Å². The molecule has 1 aromatic carbocycles. The van der Waals surface area contributed by atoms with Gasteiger partial charge in [-0.25, -0.2) is 4.98 Å². The van der Waals surface area contributed by atoms with Gasteiger partial charge in [-0.3, -0.25) is 9.36 Å². The number of imidazole rings is 1. The van der Waals surface area contributed by atoms with Gasteiger partial charge in [0.1, 0.15) is 0 Å². The minimum atomic E-state index is 0.116. The monoisotopic (exact) mass is 426 g/mol. The summed E-state index contributed by atoms with van der Waals surface area (Å²) < 4.78 is 2.07. The van der Waals surface area contributed by atoms with Crippen molar-refractivity contribution < 1.29 is 4.79 Å². The van der Waals surface area contributed by atoms with Crippen LogP contribution >= 0.6 is 11.8 Å². The smallest absolute Gasteiger partial charge is 0.230 e. The number of amides is 1. The molecular formula is C24H34N4OS. The van der Waals surface area contributed by atoms with Crippen molar-refractivity contribution in [2.75, 3.05) is 25.4 Å². The number of hydrogen-bond acceptors (Lipinski definition) is 4. The van der Waals surface area contributed by atoms with Crippen LogP contribution in [0.5, 0.6) is 0 Å². The number of rotatable bonds is 7. The number of likely N-dealkylation sites (tertiary alicyclic amines) is 1. The van der Waals surface area contributed by atoms with Crippen molar-refractivity contribution >= 4 is 17.7 Å². The topological polar surface area (TPSA) is 50.2 Å². The number of nitrogens with one attached hydrogen (secondary N) is 1. The Hall–Kier alpha value is -1.79. The number of carbonyl (C=O) groups is 1. The number of benzene rings is 1. The van der Waals surface area contributed by atoms with Crippen molar-refractivity contribution in [3.8, 4) is 5.69 Å². The van der Waals surface area contributed by atoms with Crippen LogP contribution in [0.1, 0.15) is 50.5 Å². The fourth-order valence-electron chi connectivity index (χ4n) is 4.81. The quantitative estimate of drug-likeness (QED) is 0.665. The van der Waals surface area contributed by atoms with Crippen LogP contribution in [0.15, 0.2) is 41.8 Å². The predicted molar refractivity (Wildman–Crippen MR) is 123 cm³/mol. The molecule has 30 heavy (non-hydrogen) atoms. The molecule has 1 aliphatic heterocycles. The van der Waals surface area contributed by atoms with Crippen molar-refractivity contribution in [2.45, 2.75) is 63.1 Å². The van der Waals surface area contributed by atoms with Gasteiger partial charge in [0.2, 0.25) is 5.91 Å². The second kappa shape index (κ2) is 10.5. The second-order valence-corrected chi connectivity index (χ2v) is 9.74. The highest BCUT2D eigenvalue weighted by molar-refractivity contribution is 7.99. The van der Waals surface area contributed by atoms with E-state index in [4.69, 9.17) is 0 Å². The summed E-state index contributed by atoms with van der Waals surface area (Å²) in [6.45, 7) is 5.59. The van der Waals surface area contributed by atoms with Gasteiger partial charge in [0, 0.05) is 38.1 Å². The van der Waals surface area contributed by atoms with Gasteiger partial charge < -0.3 is 10.2 Å². The average Bonchev–Trinajstić information content (AvgIpc) is 3.23. The predicted octanol–water partition coefficient (Wildman–Crippen LogP) is 4.43. The molecule has 1 saturated carbocycles. The second-order valence-electron chi connectivity index (χ2n) is 8.80. The summed E-state index contributed by atoms with van der Waals surface area (Å²) in [5, 5.41) is 4.12. The first-order valence-corrected chi connectivity index (χ1v) is 12.4. The molecule has 2 aromatic rings. The minimum absolute atomic E-state index is 0.116. The van der Waals surface area contributed by atoms with Gasteiger partial charge in [-0.05, 0) is 50.2 Å². The summed E-state index contributed by atoms with van der Waals surface area (Å²) in [5.41, 5.74) is 2.31. The fourth-order valence-corrected chi connectivity index (χ4v) is 5.58. The normalized spacial score (nSPS) is 19.1. The highest BCUT2D eigenvalue weighted by Gasteiger charge is 2.23. The van der Waals surface area contributed by atoms with Crippen LogP contribution < -0.4 is 5.32 Å². The molecule has 0 bridgehead atoms. The van der Waals surface area contributed by atoms with E-state index in [1.807, 2.05) is 18.3 Å². The Balaban J connectivity index is 1.21. The number of thioether (sulfide) groups is 1. The molecule has 0 unspecified atom stereocenters. The number of aryl methyl sites for hydroxylation is 1. The fraction of sp³-hybridized carbons (Fsp3) is 0.583. The molecule has 1 aliphatic carbocycles. The molecule has 2 fully saturated rings. The highest BCUT2D eigenvalue weighted by Crippen LogP contribution is 2.26. The molecule has 0 radical (unpaired) electrons. The maximum atomic E-state index is 12.5. The lowest BCUT2D eigenvalue weighted by molar-refractivity contribution is -0.119. The molecule has 1 aromatic heterocycles. The Morgan fingerprint density at radius 3 is 2.67 bits per heavy atom. The van der Waals surface area contributed by atoms with Crippen molar-refractivity contribution in [1.29, 1.82) is 0 Å². The van der Waals surface area contributed by atoms with Gasteiger partial charge in [-0.2, -0.15) is 0 Å². The van der Waals surface area contributed by atoms with Crippen LogP contribution in [0.2, 0.25) is 0 Å². The zero-order valence-corrected chi connectivity index (χ0v) is 18.9. The third kappa shape index (κ3) is 5.67. The van der Waals surface area contributed by atoms with E-state index >= 15 is 0 Å². The number of hydrogen-bond donors (Lipinski definition) is 1. The SMILES string of the molecule is Cc1ccccc1-n1ccnc1SCC(=O)NC1CCN(CC2CCCCC2)CC1. The molecule has 162 valence electrons. The van der Waals surface area contributed by atoms with E-state index in [9.17, 15) is 4.79 Å². The van der Waals surface area contributed by atoms with Gasteiger partial charge in [0.25, 0.3) is 0 Å². The van der Waals surface area contributed by atoms with Crippen LogP contribution in [-0.4, -0.2) is 51.8 Å². The molecule has 2 heterocycles. The van der Waals surface area contributed by atoms with Gasteiger partial charge in [-0.1, -0.05) is 49.2 Å². The summed E-state index contributed by atoms with van der Waals surface area (Å²) >= 11 is 1.51. The van der Waals surface area contributed by atoms with Crippen LogP contribution in [0.25, 0.3) is 5.69 Å². The van der Waals surface area contributed by atoms with Crippen molar-refractivity contribution in [3.63, 3.8) is 0 Å². The van der Waals surface area contributed by atoms with Crippen molar-refractivity contribution in [3.05, 3.63) is 42.2 Å². The summed E-state index contributed by atoms with van der Waals surface area (Å²) in [6.07, 6.45) is 13.0. The standard InChI is InChI=1S/C24H34N4OS/c1-19-7-5-6-10-22(19)28-16-13-25-24(28)30-18-23(29)26-21-11-14-27(15-12-21)17-20-8-3-2-4-9-20/h5-7,10,13,16,20-21H,2-4,8-9,11-12,14-15,17-18H2,1H3,(H,26,29). The lowest BCUT2D eigenvalue weighted by atomic mass is 9.88. The maximum Gasteiger partial charge on any atom is 0.230 e. The largest absolute Gasteiger partial charge is 0.353 e. The van der Waals surface area contributed by atoms with Gasteiger partial charge >= 0.3 is 0 Å². The first-order chi connectivity index (χ1) is 14.7. The van der Waals surface area contributed by atoms with Gasteiger partial charge in [-0.15, -0.1) is 0 Å². The number of piperidine rings is 1. The van der Waals surface area contributed by atoms with E-state index in [1.54, 1.807) is 6.20 Å². The van der Waals surface area contributed by atoms with E-state index in [0.717, 1.165) is 42.7 Å². The van der Waals surface area contributed by atoms with E-state index < -0.39 is 0 Å². The van der Waals surface area contributed by atoms with Gasteiger partial charge in [0.15, 0.2) is 5.16 Å². The minimum Gasteiger partial charge on any atom is -0.353 e. The summed E-state index contributed by atoms with van der Waals surface area (Å²) in [4.78, 5) is 19.6. The first-order valence-electron chi connectivity index (χ1n) is 11.4. The lowest BCUT2D eigenvalue weighted by Gasteiger charge is -2.35. The van der Waals surface area contributed by atoms with E-state index in [2.05, 4.69) is 38.8 Å². The average molecular weight is 427 g/mol. The molecule has 0 spiro atoms. The summed E-state index contributed by atoms with van der Waals surface area (Å²) in [6, 6.07) is 8.57. The van der Waals surface area contributed by atoms with E-state index in [0.29, 0.717) is 11.8 Å². The third-order valence-corrected chi connectivity index (χ3v) is 7.47. The van der Waals surface area contributed by atoms with Crippen LogP contribution in [0.4, 0.5) is 0 Å². The van der Waals surface area contributed by atoms with E-state index in [-0.39, 0.29) is 5.91 Å². The summed E-state index contributed by atoms with van der Waals surface area (Å²) in [7, 11) is 0. The molecule has 1 saturated heterocycles. The Morgan fingerprint density at radius 2 is 1.90 bits per heavy atom. The Bertz CT molecular complexity index is 822. The van der Waals surface area contributed by atoms with Gasteiger partial charge in [0.05, 0.1) is 11.4 Å². The molecule has 4 rings (SSSR count). The zero-order valence-electron chi connectivity index (χ0n) is 18.1. The third-order valence-electron chi connectivity index (χ3n) is 6.51. The summed E-state index contributed by atoms with van der Waals surface area (Å²) in [5.74, 6) is 1.42. The Kier molecular flexibility index (Phi) is 7.50.